The lowest BCUT2D eigenvalue weighted by Crippen LogP contribution is -2.49. The Bertz CT molecular complexity index is 340. The lowest BCUT2D eigenvalue weighted by atomic mass is 9.97. The maximum absolute atomic E-state index is 12.2. The molecule has 0 radical (unpaired) electrons. The van der Waals surface area contributed by atoms with Gasteiger partial charge in [-0.25, -0.2) is 0 Å². The zero-order chi connectivity index (χ0) is 14.5. The highest BCUT2D eigenvalue weighted by Gasteiger charge is 2.29. The maximum Gasteiger partial charge on any atom is 0.306 e. The van der Waals surface area contributed by atoms with Crippen molar-refractivity contribution in [3.8, 4) is 0 Å². The number of esters is 1. The number of hydrogen-bond donors (Lipinski definition) is 0. The first-order valence-electron chi connectivity index (χ1n) is 8.04. The molecule has 0 spiro atoms. The molecule has 1 saturated carbocycles. The fourth-order valence-electron chi connectivity index (χ4n) is 3.64. The number of ether oxygens (including phenoxy) is 1. The average Bonchev–Trinajstić information content (AvgIpc) is 2.89. The summed E-state index contributed by atoms with van der Waals surface area (Å²) >= 11 is 0. The van der Waals surface area contributed by atoms with Crippen LogP contribution in [0.5, 0.6) is 0 Å². The fourth-order valence-corrected chi connectivity index (χ4v) is 3.64. The zero-order valence-electron chi connectivity index (χ0n) is 12.8. The smallest absolute Gasteiger partial charge is 0.306 e. The van der Waals surface area contributed by atoms with Crippen LogP contribution < -0.4 is 0 Å². The molecule has 2 atom stereocenters. The highest BCUT2D eigenvalue weighted by molar-refractivity contribution is 5.81. The third-order valence-electron chi connectivity index (χ3n) is 4.77. The Balaban J connectivity index is 1.74. The number of rotatable bonds is 4. The van der Waals surface area contributed by atoms with Crippen LogP contribution in [0.2, 0.25) is 0 Å². The minimum absolute atomic E-state index is 0.0375. The second kappa shape index (κ2) is 7.09. The van der Waals surface area contributed by atoms with Gasteiger partial charge in [0.2, 0.25) is 0 Å². The van der Waals surface area contributed by atoms with Gasteiger partial charge in [-0.05, 0) is 51.9 Å². The second-order valence-corrected chi connectivity index (χ2v) is 6.45. The van der Waals surface area contributed by atoms with E-state index in [0.717, 1.165) is 25.7 Å². The summed E-state index contributed by atoms with van der Waals surface area (Å²) in [6, 6.07) is 0.527. The van der Waals surface area contributed by atoms with Gasteiger partial charge in [0.05, 0.1) is 0 Å². The van der Waals surface area contributed by atoms with Gasteiger partial charge in [-0.1, -0.05) is 12.8 Å². The van der Waals surface area contributed by atoms with Crippen LogP contribution in [0.4, 0.5) is 0 Å². The molecule has 4 heteroatoms. The maximum atomic E-state index is 12.2. The Morgan fingerprint density at radius 2 is 1.60 bits per heavy atom. The molecule has 0 aromatic rings. The summed E-state index contributed by atoms with van der Waals surface area (Å²) in [4.78, 5) is 25.9. The van der Waals surface area contributed by atoms with Gasteiger partial charge < -0.3 is 9.64 Å². The first-order valence-corrected chi connectivity index (χ1v) is 8.04. The number of amides is 1. The van der Waals surface area contributed by atoms with Crippen molar-refractivity contribution in [1.29, 1.82) is 0 Å². The zero-order valence-corrected chi connectivity index (χ0v) is 12.8. The van der Waals surface area contributed by atoms with Crippen LogP contribution in [0.25, 0.3) is 0 Å². The molecule has 2 rings (SSSR count). The lowest BCUT2D eigenvalue weighted by Gasteiger charge is -2.38. The number of carbonyl (C=O) groups is 2. The van der Waals surface area contributed by atoms with Crippen molar-refractivity contribution in [1.82, 2.24) is 4.90 Å². The summed E-state index contributed by atoms with van der Waals surface area (Å²) in [7, 11) is 0. The van der Waals surface area contributed by atoms with Crippen LogP contribution >= 0.6 is 0 Å². The summed E-state index contributed by atoms with van der Waals surface area (Å²) in [6.07, 6.45) is 8.45. The van der Waals surface area contributed by atoms with Crippen LogP contribution in [0.3, 0.4) is 0 Å². The number of hydrogen-bond acceptors (Lipinski definition) is 3. The summed E-state index contributed by atoms with van der Waals surface area (Å²) in [6.45, 7) is 4.07. The molecule has 114 valence electrons. The van der Waals surface area contributed by atoms with Crippen molar-refractivity contribution < 1.29 is 14.3 Å². The molecule has 1 heterocycles. The van der Waals surface area contributed by atoms with Gasteiger partial charge >= 0.3 is 5.97 Å². The van der Waals surface area contributed by atoms with Crippen LogP contribution in [0.15, 0.2) is 0 Å². The highest BCUT2D eigenvalue weighted by atomic mass is 16.5. The van der Waals surface area contributed by atoms with Crippen LogP contribution in [0.1, 0.15) is 65.2 Å². The standard InChI is InChI=1S/C16H27NO3/c1-12-6-5-7-13(2)17(12)15(18)11-20-16(19)10-14-8-3-4-9-14/h12-14H,3-11H2,1-2H3/t12-,13+. The van der Waals surface area contributed by atoms with E-state index in [1.807, 2.05) is 4.90 Å². The molecule has 1 saturated heterocycles. The van der Waals surface area contributed by atoms with Gasteiger partial charge in [0, 0.05) is 18.5 Å². The van der Waals surface area contributed by atoms with Gasteiger partial charge in [0.15, 0.2) is 6.61 Å². The number of piperidine rings is 1. The quantitative estimate of drug-likeness (QED) is 0.744. The Morgan fingerprint density at radius 1 is 1.00 bits per heavy atom. The van der Waals surface area contributed by atoms with Gasteiger partial charge in [-0.2, -0.15) is 0 Å². The monoisotopic (exact) mass is 281 g/mol. The van der Waals surface area contributed by atoms with E-state index in [-0.39, 0.29) is 30.6 Å². The SMILES string of the molecule is C[C@@H]1CCC[C@H](C)N1C(=O)COC(=O)CC1CCCC1. The van der Waals surface area contributed by atoms with Crippen molar-refractivity contribution in [3.05, 3.63) is 0 Å². The van der Waals surface area contributed by atoms with Gasteiger partial charge in [-0.3, -0.25) is 9.59 Å². The second-order valence-electron chi connectivity index (χ2n) is 6.45. The van der Waals surface area contributed by atoms with E-state index in [4.69, 9.17) is 4.74 Å². The number of nitrogens with zero attached hydrogens (tertiary/aromatic N) is 1. The van der Waals surface area contributed by atoms with E-state index in [1.54, 1.807) is 0 Å². The summed E-state index contributed by atoms with van der Waals surface area (Å²) in [5, 5.41) is 0. The first kappa shape index (κ1) is 15.3. The molecule has 1 aliphatic carbocycles. The predicted molar refractivity (Wildman–Crippen MR) is 77.2 cm³/mol. The van der Waals surface area contributed by atoms with Crippen LogP contribution in [-0.2, 0) is 14.3 Å². The lowest BCUT2D eigenvalue weighted by molar-refractivity contribution is -0.155. The minimum Gasteiger partial charge on any atom is -0.456 e. The molecule has 0 unspecified atom stereocenters. The molecule has 2 fully saturated rings. The van der Waals surface area contributed by atoms with E-state index in [2.05, 4.69) is 13.8 Å². The Hall–Kier alpha value is -1.06. The number of carbonyl (C=O) groups excluding carboxylic acids is 2. The van der Waals surface area contributed by atoms with E-state index in [1.165, 1.54) is 19.3 Å². The largest absolute Gasteiger partial charge is 0.456 e. The molecular weight excluding hydrogens is 254 g/mol. The van der Waals surface area contributed by atoms with Gasteiger partial charge in [-0.15, -0.1) is 0 Å². The summed E-state index contributed by atoms with van der Waals surface area (Å²) in [5.41, 5.74) is 0. The average molecular weight is 281 g/mol. The summed E-state index contributed by atoms with van der Waals surface area (Å²) < 4.78 is 5.19. The van der Waals surface area contributed by atoms with E-state index < -0.39 is 0 Å². The third kappa shape index (κ3) is 3.97. The van der Waals surface area contributed by atoms with Gasteiger partial charge in [0.25, 0.3) is 5.91 Å². The fraction of sp³-hybridized carbons (Fsp3) is 0.875. The molecule has 1 aliphatic heterocycles. The Kier molecular flexibility index (Phi) is 5.44. The Morgan fingerprint density at radius 3 is 2.20 bits per heavy atom. The highest BCUT2D eigenvalue weighted by Crippen LogP contribution is 2.28. The van der Waals surface area contributed by atoms with Crippen molar-refractivity contribution in [3.63, 3.8) is 0 Å². The third-order valence-corrected chi connectivity index (χ3v) is 4.77. The van der Waals surface area contributed by atoms with Crippen molar-refractivity contribution in [2.45, 2.75) is 77.3 Å². The van der Waals surface area contributed by atoms with Crippen molar-refractivity contribution in [2.75, 3.05) is 6.61 Å². The molecule has 2 aliphatic rings. The molecule has 0 N–H and O–H groups in total. The summed E-state index contributed by atoms with van der Waals surface area (Å²) in [5.74, 6) is 0.234. The van der Waals surface area contributed by atoms with E-state index >= 15 is 0 Å². The van der Waals surface area contributed by atoms with Crippen LogP contribution in [-0.4, -0.2) is 35.5 Å². The molecule has 0 aromatic carbocycles. The van der Waals surface area contributed by atoms with E-state index in [0.29, 0.717) is 12.3 Å². The van der Waals surface area contributed by atoms with Crippen molar-refractivity contribution in [2.24, 2.45) is 5.92 Å². The normalized spacial score (nSPS) is 27.6. The first-order chi connectivity index (χ1) is 9.58. The Labute approximate surface area is 121 Å². The molecule has 0 aromatic heterocycles. The predicted octanol–water partition coefficient (Wildman–Crippen LogP) is 2.90. The molecule has 20 heavy (non-hydrogen) atoms. The minimum atomic E-state index is -0.206. The molecule has 0 bridgehead atoms. The molecule has 4 nitrogen and oxygen atoms in total. The van der Waals surface area contributed by atoms with E-state index in [9.17, 15) is 9.59 Å². The number of likely N-dealkylation sites (tertiary alicyclic amines) is 1. The van der Waals surface area contributed by atoms with Crippen LogP contribution in [0, 0.1) is 5.92 Å². The molecular formula is C16H27NO3. The van der Waals surface area contributed by atoms with Crippen molar-refractivity contribution >= 4 is 11.9 Å². The van der Waals surface area contributed by atoms with Gasteiger partial charge in [0.1, 0.15) is 0 Å². The topological polar surface area (TPSA) is 46.6 Å². The molecule has 1 amide bonds.